The van der Waals surface area contributed by atoms with Crippen molar-refractivity contribution in [3.05, 3.63) is 118 Å². The van der Waals surface area contributed by atoms with E-state index < -0.39 is 0 Å². The molecule has 0 aliphatic carbocycles. The van der Waals surface area contributed by atoms with E-state index in [2.05, 4.69) is 101 Å². The first-order valence-electron chi connectivity index (χ1n) is 13.8. The van der Waals surface area contributed by atoms with Gasteiger partial charge in [-0.25, -0.2) is 0 Å². The van der Waals surface area contributed by atoms with Crippen molar-refractivity contribution in [1.29, 1.82) is 0 Å². The molecule has 0 atom stereocenters. The number of benzene rings is 3. The van der Waals surface area contributed by atoms with E-state index in [1.54, 1.807) is 0 Å². The summed E-state index contributed by atoms with van der Waals surface area (Å²) >= 11 is 0. The highest BCUT2D eigenvalue weighted by atomic mass is 16.5. The maximum absolute atomic E-state index is 6.49. The minimum Gasteiger partial charge on any atom is -0.488 e. The van der Waals surface area contributed by atoms with Gasteiger partial charge in [-0.15, -0.1) is 0 Å². The zero-order chi connectivity index (χ0) is 26.3. The lowest BCUT2D eigenvalue weighted by Gasteiger charge is -2.18. The molecule has 0 fully saturated rings. The number of hydrogen-bond acceptors (Lipinski definition) is 2. The smallest absolute Gasteiger partial charge is 0.127 e. The number of rotatable bonds is 15. The Hall–Kier alpha value is -3.26. The van der Waals surface area contributed by atoms with Gasteiger partial charge in [0.25, 0.3) is 0 Å². The van der Waals surface area contributed by atoms with E-state index in [0.29, 0.717) is 13.2 Å². The molecule has 0 unspecified atom stereocenters. The second-order valence-electron chi connectivity index (χ2n) is 10.2. The lowest BCUT2D eigenvalue weighted by atomic mass is 10.00. The molecule has 196 valence electrons. The molecular weight excluding hydrogens is 452 g/mol. The van der Waals surface area contributed by atoms with Crippen LogP contribution in [0.4, 0.5) is 0 Å². The van der Waals surface area contributed by atoms with Crippen LogP contribution in [0.3, 0.4) is 0 Å². The van der Waals surface area contributed by atoms with Crippen molar-refractivity contribution in [3.8, 4) is 11.5 Å². The van der Waals surface area contributed by atoms with Gasteiger partial charge < -0.3 is 9.47 Å². The minimum absolute atomic E-state index is 0.549. The second kappa shape index (κ2) is 15.8. The third-order valence-corrected chi connectivity index (χ3v) is 6.52. The first kappa shape index (κ1) is 28.3. The number of ether oxygens (including phenoxy) is 2. The zero-order valence-corrected chi connectivity index (χ0v) is 23.3. The predicted molar refractivity (Wildman–Crippen MR) is 157 cm³/mol. The zero-order valence-electron chi connectivity index (χ0n) is 23.3. The maximum Gasteiger partial charge on any atom is 0.127 e. The molecule has 0 spiro atoms. The minimum atomic E-state index is 0.549. The first-order valence-corrected chi connectivity index (χ1v) is 13.8. The SMILES string of the molecule is CCCCCc1cc(OCc2ccccc2)c(C/C=C(\C)CCC=C(C)C)c(OCc2ccccc2)c1. The third-order valence-electron chi connectivity index (χ3n) is 6.52. The Bertz CT molecular complexity index is 1060. The van der Waals surface area contributed by atoms with Crippen LogP contribution >= 0.6 is 0 Å². The summed E-state index contributed by atoms with van der Waals surface area (Å²) in [6.07, 6.45) is 12.3. The fraction of sp³-hybridized carbons (Fsp3) is 0.371. The highest BCUT2D eigenvalue weighted by molar-refractivity contribution is 5.49. The molecule has 3 aromatic rings. The molecule has 0 aromatic heterocycles. The van der Waals surface area contributed by atoms with Gasteiger partial charge >= 0.3 is 0 Å². The van der Waals surface area contributed by atoms with Crippen molar-refractivity contribution < 1.29 is 9.47 Å². The largest absolute Gasteiger partial charge is 0.488 e. The fourth-order valence-electron chi connectivity index (χ4n) is 4.29. The molecule has 0 bridgehead atoms. The van der Waals surface area contributed by atoms with Crippen LogP contribution < -0.4 is 9.47 Å². The summed E-state index contributed by atoms with van der Waals surface area (Å²) in [6, 6.07) is 25.3. The van der Waals surface area contributed by atoms with Gasteiger partial charge in [-0.3, -0.25) is 0 Å². The lowest BCUT2D eigenvalue weighted by molar-refractivity contribution is 0.284. The van der Waals surface area contributed by atoms with E-state index in [-0.39, 0.29) is 0 Å². The number of aryl methyl sites for hydroxylation is 1. The van der Waals surface area contributed by atoms with Gasteiger partial charge in [0.1, 0.15) is 24.7 Å². The van der Waals surface area contributed by atoms with Crippen LogP contribution in [0.1, 0.15) is 82.1 Å². The molecule has 3 aromatic carbocycles. The van der Waals surface area contributed by atoms with E-state index in [4.69, 9.17) is 9.47 Å². The molecule has 2 nitrogen and oxygen atoms in total. The molecule has 0 amide bonds. The Morgan fingerprint density at radius 3 is 1.78 bits per heavy atom. The summed E-state index contributed by atoms with van der Waals surface area (Å²) < 4.78 is 13.0. The molecule has 0 aliphatic rings. The van der Waals surface area contributed by atoms with Gasteiger partial charge in [0, 0.05) is 5.56 Å². The van der Waals surface area contributed by atoms with Crippen molar-refractivity contribution in [2.24, 2.45) is 0 Å². The molecule has 0 saturated carbocycles. The highest BCUT2D eigenvalue weighted by Crippen LogP contribution is 2.34. The van der Waals surface area contributed by atoms with Gasteiger partial charge in [-0.1, -0.05) is 104 Å². The fourth-order valence-corrected chi connectivity index (χ4v) is 4.29. The third kappa shape index (κ3) is 10.3. The predicted octanol–water partition coefficient (Wildman–Crippen LogP) is 9.81. The topological polar surface area (TPSA) is 18.5 Å². The van der Waals surface area contributed by atoms with Crippen molar-refractivity contribution >= 4 is 0 Å². The first-order chi connectivity index (χ1) is 18.0. The van der Waals surface area contributed by atoms with Gasteiger partial charge in [-0.2, -0.15) is 0 Å². The molecule has 0 radical (unpaired) electrons. The van der Waals surface area contributed by atoms with Crippen molar-refractivity contribution in [2.75, 3.05) is 0 Å². The van der Waals surface area contributed by atoms with E-state index >= 15 is 0 Å². The average Bonchev–Trinajstić information content (AvgIpc) is 2.91. The maximum atomic E-state index is 6.49. The number of allylic oxidation sites excluding steroid dienone is 4. The summed E-state index contributed by atoms with van der Waals surface area (Å²) in [7, 11) is 0. The standard InChI is InChI=1S/C35H44O2/c1-5-6-9-21-32-24-34(36-26-30-17-10-7-11-18-30)33(23-22-29(4)16-14-15-28(2)3)35(25-32)37-27-31-19-12-8-13-20-31/h7-8,10-13,15,17-20,22,24-25H,5-6,9,14,16,21,23,26-27H2,1-4H3/b29-22+. The molecule has 0 saturated heterocycles. The Morgan fingerprint density at radius 2 is 1.27 bits per heavy atom. The number of hydrogen-bond donors (Lipinski definition) is 0. The van der Waals surface area contributed by atoms with E-state index in [0.717, 1.165) is 42.7 Å². The Kier molecular flexibility index (Phi) is 12.1. The normalized spacial score (nSPS) is 11.3. The molecular formula is C35H44O2. The molecule has 0 N–H and O–H groups in total. The molecule has 37 heavy (non-hydrogen) atoms. The average molecular weight is 497 g/mol. The molecule has 3 rings (SSSR count). The number of unbranched alkanes of at least 4 members (excludes halogenated alkanes) is 2. The van der Waals surface area contributed by atoms with Crippen LogP contribution in [-0.2, 0) is 26.1 Å². The van der Waals surface area contributed by atoms with Crippen LogP contribution in [-0.4, -0.2) is 0 Å². The van der Waals surface area contributed by atoms with Gasteiger partial charge in [0.05, 0.1) is 0 Å². The van der Waals surface area contributed by atoms with Crippen LogP contribution in [0, 0.1) is 0 Å². The van der Waals surface area contributed by atoms with E-state index in [9.17, 15) is 0 Å². The summed E-state index contributed by atoms with van der Waals surface area (Å²) in [4.78, 5) is 0. The van der Waals surface area contributed by atoms with Crippen molar-refractivity contribution in [1.82, 2.24) is 0 Å². The van der Waals surface area contributed by atoms with E-state index in [1.165, 1.54) is 47.1 Å². The Labute approximate surface area is 225 Å². The molecule has 0 heterocycles. The van der Waals surface area contributed by atoms with E-state index in [1.807, 2.05) is 12.1 Å². The summed E-state index contributed by atoms with van der Waals surface area (Å²) in [5.41, 5.74) is 7.53. The van der Waals surface area contributed by atoms with Gasteiger partial charge in [0.2, 0.25) is 0 Å². The highest BCUT2D eigenvalue weighted by Gasteiger charge is 2.14. The van der Waals surface area contributed by atoms with Gasteiger partial charge in [0.15, 0.2) is 0 Å². The van der Waals surface area contributed by atoms with Crippen LogP contribution in [0.15, 0.2) is 96.1 Å². The lowest BCUT2D eigenvalue weighted by Crippen LogP contribution is -2.04. The van der Waals surface area contributed by atoms with Crippen LogP contribution in [0.25, 0.3) is 0 Å². The summed E-state index contributed by atoms with van der Waals surface area (Å²) in [6.45, 7) is 9.90. The second-order valence-corrected chi connectivity index (χ2v) is 10.2. The Balaban J connectivity index is 1.90. The molecule has 2 heteroatoms. The Morgan fingerprint density at radius 1 is 0.703 bits per heavy atom. The summed E-state index contributed by atoms with van der Waals surface area (Å²) in [5.74, 6) is 1.88. The summed E-state index contributed by atoms with van der Waals surface area (Å²) in [5, 5.41) is 0. The monoisotopic (exact) mass is 496 g/mol. The van der Waals surface area contributed by atoms with Gasteiger partial charge in [-0.05, 0) is 81.7 Å². The van der Waals surface area contributed by atoms with Crippen LogP contribution in [0.5, 0.6) is 11.5 Å². The van der Waals surface area contributed by atoms with Crippen molar-refractivity contribution in [3.63, 3.8) is 0 Å². The molecule has 0 aliphatic heterocycles. The quantitative estimate of drug-likeness (QED) is 0.154. The van der Waals surface area contributed by atoms with Crippen molar-refractivity contribution in [2.45, 2.75) is 85.9 Å². The van der Waals surface area contributed by atoms with Crippen LogP contribution in [0.2, 0.25) is 0 Å².